The minimum Gasteiger partial charge on any atom is -0.396 e. The summed E-state index contributed by atoms with van der Waals surface area (Å²) in [5.41, 5.74) is 1.46. The fourth-order valence-electron chi connectivity index (χ4n) is 3.54. The molecular weight excluding hydrogens is 257 g/mol. The third-order valence-corrected chi connectivity index (χ3v) is 5.12. The van der Waals surface area contributed by atoms with Crippen LogP contribution in [0, 0.1) is 11.8 Å². The second-order valence-electron chi connectivity index (χ2n) is 5.03. The largest absolute Gasteiger partial charge is 0.396 e. The van der Waals surface area contributed by atoms with Crippen molar-refractivity contribution in [3.8, 4) is 0 Å². The van der Waals surface area contributed by atoms with Crippen molar-refractivity contribution in [2.75, 3.05) is 19.7 Å². The van der Waals surface area contributed by atoms with Crippen LogP contribution in [0.25, 0.3) is 0 Å². The van der Waals surface area contributed by atoms with E-state index in [1.807, 2.05) is 12.1 Å². The molecule has 2 nitrogen and oxygen atoms in total. The molecule has 1 aromatic rings. The zero-order valence-corrected chi connectivity index (χ0v) is 10.9. The molecule has 3 rings (SSSR count). The molecule has 1 saturated heterocycles. The smallest absolute Gasteiger partial charge is 0.0595 e. The zero-order valence-electron chi connectivity index (χ0n) is 9.42. The minimum absolute atomic E-state index is 0.191. The van der Waals surface area contributed by atoms with Crippen molar-refractivity contribution in [2.45, 2.75) is 11.8 Å². The van der Waals surface area contributed by atoms with Crippen LogP contribution in [0.4, 0.5) is 0 Å². The van der Waals surface area contributed by atoms with Gasteiger partial charge in [-0.25, -0.2) is 0 Å². The predicted molar refractivity (Wildman–Crippen MR) is 69.7 cm³/mol. The summed E-state index contributed by atoms with van der Waals surface area (Å²) in [6.45, 7) is 2.30. The number of nitrogens with one attached hydrogen (secondary N) is 1. The van der Waals surface area contributed by atoms with Gasteiger partial charge in [-0.15, -0.1) is 0 Å². The van der Waals surface area contributed by atoms with Gasteiger partial charge in [0.25, 0.3) is 0 Å². The lowest BCUT2D eigenvalue weighted by Gasteiger charge is -2.16. The SMILES string of the molecule is OCC[C@H]1[C@@H]2CNC[C@]12c1ccc(Cl)c(Cl)c1. The van der Waals surface area contributed by atoms with E-state index >= 15 is 0 Å². The monoisotopic (exact) mass is 271 g/mol. The molecule has 1 heterocycles. The Kier molecular flexibility index (Phi) is 2.86. The van der Waals surface area contributed by atoms with Gasteiger partial charge in [0.1, 0.15) is 0 Å². The van der Waals surface area contributed by atoms with Crippen molar-refractivity contribution in [1.82, 2.24) is 5.32 Å². The predicted octanol–water partition coefficient (Wildman–Crippen LogP) is 2.46. The number of rotatable bonds is 3. The summed E-state index contributed by atoms with van der Waals surface area (Å²) < 4.78 is 0. The molecular formula is C13H15Cl2NO. The van der Waals surface area contributed by atoms with Crippen LogP contribution in [0.5, 0.6) is 0 Å². The van der Waals surface area contributed by atoms with Crippen LogP contribution >= 0.6 is 23.2 Å². The molecule has 1 aromatic carbocycles. The van der Waals surface area contributed by atoms with Crippen LogP contribution in [0.3, 0.4) is 0 Å². The summed E-state index contributed by atoms with van der Waals surface area (Å²) in [5.74, 6) is 1.23. The lowest BCUT2D eigenvalue weighted by molar-refractivity contribution is 0.270. The molecule has 1 aliphatic carbocycles. The van der Waals surface area contributed by atoms with E-state index in [2.05, 4.69) is 11.4 Å². The quantitative estimate of drug-likeness (QED) is 0.886. The third kappa shape index (κ3) is 1.62. The molecule has 0 unspecified atom stereocenters. The highest BCUT2D eigenvalue weighted by Gasteiger charge is 2.66. The van der Waals surface area contributed by atoms with Gasteiger partial charge in [-0.2, -0.15) is 0 Å². The van der Waals surface area contributed by atoms with Crippen LogP contribution in [-0.4, -0.2) is 24.8 Å². The Morgan fingerprint density at radius 1 is 1.35 bits per heavy atom. The second kappa shape index (κ2) is 4.13. The number of aliphatic hydroxyl groups excluding tert-OH is 1. The maximum absolute atomic E-state index is 9.12. The highest BCUT2D eigenvalue weighted by Crippen LogP contribution is 2.63. The van der Waals surface area contributed by atoms with Gasteiger partial charge >= 0.3 is 0 Å². The molecule has 0 spiro atoms. The Morgan fingerprint density at radius 3 is 2.88 bits per heavy atom. The Bertz CT molecular complexity index is 451. The highest BCUT2D eigenvalue weighted by molar-refractivity contribution is 6.42. The van der Waals surface area contributed by atoms with Crippen molar-refractivity contribution in [1.29, 1.82) is 0 Å². The second-order valence-corrected chi connectivity index (χ2v) is 5.84. The van der Waals surface area contributed by atoms with E-state index in [1.54, 1.807) is 0 Å². The molecule has 1 saturated carbocycles. The zero-order chi connectivity index (χ0) is 12.0. The van der Waals surface area contributed by atoms with Gasteiger partial charge in [0.15, 0.2) is 0 Å². The summed E-state index contributed by atoms with van der Waals surface area (Å²) in [7, 11) is 0. The number of benzene rings is 1. The molecule has 1 aliphatic heterocycles. The first kappa shape index (κ1) is 11.8. The van der Waals surface area contributed by atoms with E-state index in [0.29, 0.717) is 21.9 Å². The minimum atomic E-state index is 0.191. The Labute approximate surface area is 111 Å². The first-order valence-electron chi connectivity index (χ1n) is 5.97. The van der Waals surface area contributed by atoms with E-state index in [1.165, 1.54) is 5.56 Å². The van der Waals surface area contributed by atoms with Crippen molar-refractivity contribution in [2.24, 2.45) is 11.8 Å². The van der Waals surface area contributed by atoms with Crippen molar-refractivity contribution < 1.29 is 5.11 Å². The van der Waals surface area contributed by atoms with Crippen molar-refractivity contribution in [3.05, 3.63) is 33.8 Å². The summed E-state index contributed by atoms with van der Waals surface area (Å²) in [6, 6.07) is 5.94. The van der Waals surface area contributed by atoms with Gasteiger partial charge in [0.05, 0.1) is 10.0 Å². The number of fused-ring (bicyclic) bond motifs is 1. The lowest BCUT2D eigenvalue weighted by Crippen LogP contribution is -2.23. The fourth-order valence-corrected chi connectivity index (χ4v) is 3.84. The standard InChI is InChI=1S/C13H15Cl2NO/c14-11-2-1-8(5-12(11)15)13-7-16-6-10(13)9(13)3-4-17/h1-2,5,9-10,16-17H,3-4,6-7H2/t9-,10-,13-/m0/s1. The van der Waals surface area contributed by atoms with E-state index in [9.17, 15) is 0 Å². The van der Waals surface area contributed by atoms with E-state index < -0.39 is 0 Å². The Balaban J connectivity index is 1.94. The van der Waals surface area contributed by atoms with Gasteiger partial charge < -0.3 is 10.4 Å². The Hall–Kier alpha value is -0.280. The normalized spacial score (nSPS) is 34.8. The number of hydrogen-bond acceptors (Lipinski definition) is 2. The van der Waals surface area contributed by atoms with Gasteiger partial charge in [0.2, 0.25) is 0 Å². The van der Waals surface area contributed by atoms with Crippen molar-refractivity contribution in [3.63, 3.8) is 0 Å². The van der Waals surface area contributed by atoms with Gasteiger partial charge in [0, 0.05) is 18.6 Å². The number of aliphatic hydroxyl groups is 1. The molecule has 0 bridgehead atoms. The molecule has 2 fully saturated rings. The molecule has 92 valence electrons. The van der Waals surface area contributed by atoms with E-state index in [4.69, 9.17) is 28.3 Å². The van der Waals surface area contributed by atoms with Crippen LogP contribution in [0.1, 0.15) is 12.0 Å². The Morgan fingerprint density at radius 2 is 2.18 bits per heavy atom. The molecule has 0 aromatic heterocycles. The highest BCUT2D eigenvalue weighted by atomic mass is 35.5. The number of hydrogen-bond donors (Lipinski definition) is 2. The maximum Gasteiger partial charge on any atom is 0.0595 e. The van der Waals surface area contributed by atoms with Gasteiger partial charge in [-0.3, -0.25) is 0 Å². The van der Waals surface area contributed by atoms with E-state index in [0.717, 1.165) is 19.5 Å². The summed E-state index contributed by atoms with van der Waals surface area (Å²) in [5, 5.41) is 13.8. The summed E-state index contributed by atoms with van der Waals surface area (Å²) in [6.07, 6.45) is 0.882. The molecule has 2 N–H and O–H groups in total. The lowest BCUT2D eigenvalue weighted by atomic mass is 9.92. The first-order valence-corrected chi connectivity index (χ1v) is 6.73. The van der Waals surface area contributed by atoms with Gasteiger partial charge in [-0.1, -0.05) is 29.3 Å². The maximum atomic E-state index is 9.12. The summed E-state index contributed by atoms with van der Waals surface area (Å²) in [4.78, 5) is 0. The van der Waals surface area contributed by atoms with Crippen molar-refractivity contribution >= 4 is 23.2 Å². The average Bonchev–Trinajstić information content (AvgIpc) is 2.72. The number of halogens is 2. The summed E-state index contributed by atoms with van der Waals surface area (Å²) >= 11 is 12.1. The average molecular weight is 272 g/mol. The third-order valence-electron chi connectivity index (χ3n) is 4.38. The van der Waals surface area contributed by atoms with Crippen LogP contribution in [0.15, 0.2) is 18.2 Å². The molecule has 3 atom stereocenters. The van der Waals surface area contributed by atoms with Crippen LogP contribution < -0.4 is 5.32 Å². The number of piperidine rings is 1. The fraction of sp³-hybridized carbons (Fsp3) is 0.538. The topological polar surface area (TPSA) is 32.3 Å². The molecule has 17 heavy (non-hydrogen) atoms. The van der Waals surface area contributed by atoms with Crippen LogP contribution in [0.2, 0.25) is 10.0 Å². The van der Waals surface area contributed by atoms with E-state index in [-0.39, 0.29) is 12.0 Å². The molecule has 2 aliphatic rings. The molecule has 4 heteroatoms. The first-order chi connectivity index (χ1) is 8.20. The molecule has 0 radical (unpaired) electrons. The molecule has 0 amide bonds. The van der Waals surface area contributed by atoms with Gasteiger partial charge in [-0.05, 0) is 42.5 Å². The van der Waals surface area contributed by atoms with Crippen LogP contribution in [-0.2, 0) is 5.41 Å².